The van der Waals surface area contributed by atoms with Gasteiger partial charge in [-0.25, -0.2) is 8.78 Å². The highest BCUT2D eigenvalue weighted by molar-refractivity contribution is 5.51. The molecule has 1 saturated carbocycles. The van der Waals surface area contributed by atoms with E-state index in [4.69, 9.17) is 0 Å². The minimum atomic E-state index is -0.459. The van der Waals surface area contributed by atoms with Gasteiger partial charge in [0.15, 0.2) is 0 Å². The summed E-state index contributed by atoms with van der Waals surface area (Å²) in [6.07, 6.45) is 3.20. The number of hydrogen-bond donors (Lipinski definition) is 1. The van der Waals surface area contributed by atoms with Gasteiger partial charge in [0.1, 0.15) is 17.3 Å². The number of halogens is 2. The maximum Gasteiger partial charge on any atom is 0.149 e. The number of benzene rings is 1. The predicted octanol–water partition coefficient (Wildman–Crippen LogP) is 3.84. The van der Waals surface area contributed by atoms with Crippen molar-refractivity contribution >= 4 is 5.69 Å². The zero-order valence-electron chi connectivity index (χ0n) is 12.5. The van der Waals surface area contributed by atoms with E-state index in [-0.39, 0.29) is 11.7 Å². The quantitative estimate of drug-likeness (QED) is 0.817. The first-order valence-electron chi connectivity index (χ1n) is 7.50. The van der Waals surface area contributed by atoms with Gasteiger partial charge in [0.2, 0.25) is 0 Å². The van der Waals surface area contributed by atoms with E-state index < -0.39 is 11.6 Å². The van der Waals surface area contributed by atoms with E-state index in [1.54, 1.807) is 4.90 Å². The molecule has 0 bridgehead atoms. The molecule has 1 N–H and O–H groups in total. The fraction of sp³-hybridized carbons (Fsp3) is 0.625. The summed E-state index contributed by atoms with van der Waals surface area (Å²) in [5, 5.41) is 3.28. The van der Waals surface area contributed by atoms with Crippen molar-refractivity contribution < 1.29 is 8.78 Å². The minimum Gasteiger partial charge on any atom is -0.364 e. The normalized spacial score (nSPS) is 14.9. The van der Waals surface area contributed by atoms with Crippen LogP contribution >= 0.6 is 0 Å². The fourth-order valence-corrected chi connectivity index (χ4v) is 2.41. The van der Waals surface area contributed by atoms with Crippen LogP contribution in [0.15, 0.2) is 12.1 Å². The summed E-state index contributed by atoms with van der Waals surface area (Å²) in [7, 11) is 0. The van der Waals surface area contributed by atoms with Crippen molar-refractivity contribution in [1.82, 2.24) is 5.32 Å². The Morgan fingerprint density at radius 3 is 2.30 bits per heavy atom. The Morgan fingerprint density at radius 2 is 1.85 bits per heavy atom. The van der Waals surface area contributed by atoms with E-state index in [2.05, 4.69) is 5.32 Å². The lowest BCUT2D eigenvalue weighted by Crippen LogP contribution is -2.33. The summed E-state index contributed by atoms with van der Waals surface area (Å²) in [5.41, 5.74) is 0.785. The van der Waals surface area contributed by atoms with Crippen molar-refractivity contribution in [1.29, 1.82) is 0 Å². The number of anilines is 1. The van der Waals surface area contributed by atoms with E-state index in [1.807, 2.05) is 20.8 Å². The Hall–Kier alpha value is -1.16. The van der Waals surface area contributed by atoms with Crippen LogP contribution in [-0.2, 0) is 6.54 Å². The third-order valence-corrected chi connectivity index (χ3v) is 3.62. The summed E-state index contributed by atoms with van der Waals surface area (Å²) in [5.74, 6) is -0.917. The summed E-state index contributed by atoms with van der Waals surface area (Å²) in [6, 6.07) is 3.53. The number of nitrogens with zero attached hydrogens (tertiary/aromatic N) is 1. The first-order chi connectivity index (χ1) is 9.52. The Kier molecular flexibility index (Phi) is 4.97. The van der Waals surface area contributed by atoms with Crippen LogP contribution in [0.3, 0.4) is 0 Å². The molecule has 0 unspecified atom stereocenters. The molecule has 1 aliphatic carbocycles. The second kappa shape index (κ2) is 6.53. The van der Waals surface area contributed by atoms with Crippen molar-refractivity contribution in [2.45, 2.75) is 58.7 Å². The predicted molar refractivity (Wildman–Crippen MR) is 79.0 cm³/mol. The Bertz CT molecular complexity index is 433. The Morgan fingerprint density at radius 1 is 1.25 bits per heavy atom. The topological polar surface area (TPSA) is 15.3 Å². The summed E-state index contributed by atoms with van der Waals surface area (Å²) >= 11 is 0. The average molecular weight is 282 g/mol. The lowest BCUT2D eigenvalue weighted by Gasteiger charge is -2.29. The van der Waals surface area contributed by atoms with E-state index in [1.165, 1.54) is 25.0 Å². The highest BCUT2D eigenvalue weighted by Gasteiger charge is 2.22. The van der Waals surface area contributed by atoms with Crippen molar-refractivity contribution in [2.24, 2.45) is 0 Å². The first kappa shape index (κ1) is 15.2. The van der Waals surface area contributed by atoms with Crippen molar-refractivity contribution in [3.8, 4) is 0 Å². The second-order valence-electron chi connectivity index (χ2n) is 5.85. The van der Waals surface area contributed by atoms with Crippen LogP contribution in [-0.4, -0.2) is 18.6 Å². The van der Waals surface area contributed by atoms with Crippen molar-refractivity contribution in [2.75, 3.05) is 11.4 Å². The summed E-state index contributed by atoms with van der Waals surface area (Å²) in [6.45, 7) is 7.12. The van der Waals surface area contributed by atoms with Gasteiger partial charge < -0.3 is 10.2 Å². The fourth-order valence-electron chi connectivity index (χ4n) is 2.41. The van der Waals surface area contributed by atoms with Crippen LogP contribution in [0.1, 0.15) is 45.6 Å². The zero-order chi connectivity index (χ0) is 14.7. The van der Waals surface area contributed by atoms with E-state index in [0.717, 1.165) is 6.42 Å². The molecule has 0 aliphatic heterocycles. The van der Waals surface area contributed by atoms with Crippen LogP contribution in [0, 0.1) is 11.6 Å². The van der Waals surface area contributed by atoms with Gasteiger partial charge in [-0.05, 0) is 50.8 Å². The second-order valence-corrected chi connectivity index (χ2v) is 5.85. The molecule has 1 fully saturated rings. The molecule has 0 heterocycles. The Labute approximate surface area is 120 Å². The minimum absolute atomic E-state index is 0.0781. The third-order valence-electron chi connectivity index (χ3n) is 3.62. The van der Waals surface area contributed by atoms with Gasteiger partial charge in [-0.15, -0.1) is 0 Å². The van der Waals surface area contributed by atoms with Crippen LogP contribution in [0.5, 0.6) is 0 Å². The van der Waals surface area contributed by atoms with Gasteiger partial charge >= 0.3 is 0 Å². The largest absolute Gasteiger partial charge is 0.364 e. The maximum atomic E-state index is 14.3. The molecule has 4 heteroatoms. The van der Waals surface area contributed by atoms with Gasteiger partial charge in [-0.3, -0.25) is 0 Å². The van der Waals surface area contributed by atoms with Gasteiger partial charge in [-0.1, -0.05) is 6.92 Å². The summed E-state index contributed by atoms with van der Waals surface area (Å²) < 4.78 is 28.6. The molecule has 20 heavy (non-hydrogen) atoms. The van der Waals surface area contributed by atoms with Crippen LogP contribution in [0.25, 0.3) is 0 Å². The van der Waals surface area contributed by atoms with Gasteiger partial charge in [0.25, 0.3) is 0 Å². The molecule has 1 aromatic carbocycles. The molecule has 0 saturated heterocycles. The van der Waals surface area contributed by atoms with E-state index in [9.17, 15) is 8.78 Å². The van der Waals surface area contributed by atoms with Crippen LogP contribution in [0.4, 0.5) is 14.5 Å². The monoisotopic (exact) mass is 282 g/mol. The van der Waals surface area contributed by atoms with Crippen molar-refractivity contribution in [3.63, 3.8) is 0 Å². The molecule has 1 aromatic rings. The third kappa shape index (κ3) is 3.69. The average Bonchev–Trinajstić information content (AvgIpc) is 3.18. The van der Waals surface area contributed by atoms with Crippen molar-refractivity contribution in [3.05, 3.63) is 29.3 Å². The summed E-state index contributed by atoms with van der Waals surface area (Å²) in [4.78, 5) is 1.79. The molecule has 0 amide bonds. The first-order valence-corrected chi connectivity index (χ1v) is 7.50. The van der Waals surface area contributed by atoms with Gasteiger partial charge in [-0.2, -0.15) is 0 Å². The molecular weight excluding hydrogens is 258 g/mol. The van der Waals surface area contributed by atoms with E-state index in [0.29, 0.717) is 24.7 Å². The van der Waals surface area contributed by atoms with Crippen LogP contribution in [0.2, 0.25) is 0 Å². The zero-order valence-corrected chi connectivity index (χ0v) is 12.5. The molecular formula is C16H24F2N2. The lowest BCUT2D eigenvalue weighted by molar-refractivity contribution is 0.548. The number of nitrogens with one attached hydrogen (secondary N) is 1. The Balaban J connectivity index is 2.19. The van der Waals surface area contributed by atoms with Gasteiger partial charge in [0.05, 0.1) is 0 Å². The highest BCUT2D eigenvalue weighted by Crippen LogP contribution is 2.27. The SMILES string of the molecule is CCCN(c1c(F)cc(CNC2CC2)cc1F)C(C)C. The standard InChI is InChI=1S/C16H24F2N2/c1-4-7-20(11(2)3)16-14(17)8-12(9-15(16)18)10-19-13-5-6-13/h8-9,11,13,19H,4-7,10H2,1-3H3. The smallest absolute Gasteiger partial charge is 0.149 e. The molecule has 112 valence electrons. The van der Waals surface area contributed by atoms with E-state index >= 15 is 0 Å². The number of hydrogen-bond acceptors (Lipinski definition) is 2. The van der Waals surface area contributed by atoms with Crippen LogP contribution < -0.4 is 10.2 Å². The molecule has 1 aliphatic rings. The molecule has 0 atom stereocenters. The molecule has 0 spiro atoms. The molecule has 2 nitrogen and oxygen atoms in total. The molecule has 2 rings (SSSR count). The molecule has 0 radical (unpaired) electrons. The lowest BCUT2D eigenvalue weighted by atomic mass is 10.1. The highest BCUT2D eigenvalue weighted by atomic mass is 19.1. The number of rotatable bonds is 7. The van der Waals surface area contributed by atoms with Gasteiger partial charge in [0, 0.05) is 25.2 Å². The molecule has 0 aromatic heterocycles. The maximum absolute atomic E-state index is 14.3.